The highest BCUT2D eigenvalue weighted by atomic mass is 16.2. The van der Waals surface area contributed by atoms with Gasteiger partial charge in [0.15, 0.2) is 0 Å². The molecule has 1 heterocycles. The Kier molecular flexibility index (Phi) is 7.45. The normalized spacial score (nSPS) is 15.2. The molecule has 0 bridgehead atoms. The van der Waals surface area contributed by atoms with E-state index in [1.165, 1.54) is 5.69 Å². The average molecular weight is 361 g/mol. The molecule has 1 aliphatic rings. The van der Waals surface area contributed by atoms with Crippen LogP contribution < -0.4 is 10.2 Å². The lowest BCUT2D eigenvalue weighted by Gasteiger charge is -2.35. The third-order valence-electron chi connectivity index (χ3n) is 4.82. The number of nitrogens with zero attached hydrogens (tertiary/aromatic N) is 3. The van der Waals surface area contributed by atoms with E-state index >= 15 is 0 Å². The quantitative estimate of drug-likeness (QED) is 0.810. The van der Waals surface area contributed by atoms with Crippen molar-refractivity contribution < 1.29 is 9.59 Å². The minimum atomic E-state index is -0.00998. The van der Waals surface area contributed by atoms with Crippen molar-refractivity contribution in [3.8, 4) is 0 Å². The van der Waals surface area contributed by atoms with Gasteiger partial charge in [-0.2, -0.15) is 0 Å². The van der Waals surface area contributed by atoms with Gasteiger partial charge in [0, 0.05) is 56.6 Å². The molecule has 0 radical (unpaired) electrons. The van der Waals surface area contributed by atoms with Crippen molar-refractivity contribution in [3.63, 3.8) is 0 Å². The molecule has 6 heteroatoms. The monoisotopic (exact) mass is 360 g/mol. The summed E-state index contributed by atoms with van der Waals surface area (Å²) in [4.78, 5) is 30.6. The zero-order valence-corrected chi connectivity index (χ0v) is 16.5. The SMILES string of the molecule is CCN(CC)c1ccc(NC(=O)CN2CCN(C(=O)C(C)C)CC2)cc1. The minimum absolute atomic E-state index is 0.00998. The summed E-state index contributed by atoms with van der Waals surface area (Å²) >= 11 is 0. The fourth-order valence-electron chi connectivity index (χ4n) is 3.24. The highest BCUT2D eigenvalue weighted by Gasteiger charge is 2.23. The van der Waals surface area contributed by atoms with Crippen molar-refractivity contribution in [2.24, 2.45) is 5.92 Å². The molecule has 1 N–H and O–H groups in total. The molecular weight excluding hydrogens is 328 g/mol. The van der Waals surface area contributed by atoms with Crippen molar-refractivity contribution in [2.75, 3.05) is 56.0 Å². The molecule has 0 unspecified atom stereocenters. The van der Waals surface area contributed by atoms with Crippen molar-refractivity contribution in [3.05, 3.63) is 24.3 Å². The molecule has 1 saturated heterocycles. The second kappa shape index (κ2) is 9.57. The number of benzene rings is 1. The fourth-order valence-corrected chi connectivity index (χ4v) is 3.24. The van der Waals surface area contributed by atoms with Gasteiger partial charge in [0.2, 0.25) is 11.8 Å². The van der Waals surface area contributed by atoms with Crippen LogP contribution >= 0.6 is 0 Å². The molecule has 1 fully saturated rings. The van der Waals surface area contributed by atoms with Crippen LogP contribution in [-0.2, 0) is 9.59 Å². The average Bonchev–Trinajstić information content (AvgIpc) is 2.64. The van der Waals surface area contributed by atoms with Crippen molar-refractivity contribution in [1.82, 2.24) is 9.80 Å². The van der Waals surface area contributed by atoms with Gasteiger partial charge in [-0.1, -0.05) is 13.8 Å². The van der Waals surface area contributed by atoms with Crippen LogP contribution in [0.5, 0.6) is 0 Å². The Morgan fingerprint density at radius 3 is 2.12 bits per heavy atom. The van der Waals surface area contributed by atoms with Crippen LogP contribution in [0, 0.1) is 5.92 Å². The third kappa shape index (κ3) is 5.46. The molecule has 0 atom stereocenters. The van der Waals surface area contributed by atoms with Crippen molar-refractivity contribution in [2.45, 2.75) is 27.7 Å². The van der Waals surface area contributed by atoms with E-state index in [2.05, 4.69) is 29.0 Å². The van der Waals surface area contributed by atoms with E-state index in [1.54, 1.807) is 0 Å². The van der Waals surface area contributed by atoms with Crippen LogP contribution in [0.15, 0.2) is 24.3 Å². The Labute approximate surface area is 157 Å². The molecule has 2 amide bonds. The van der Waals surface area contributed by atoms with E-state index in [4.69, 9.17) is 0 Å². The van der Waals surface area contributed by atoms with Crippen LogP contribution in [0.25, 0.3) is 0 Å². The molecular formula is C20H32N4O2. The number of piperazine rings is 1. The first kappa shape index (κ1) is 20.2. The van der Waals surface area contributed by atoms with E-state index in [0.29, 0.717) is 19.6 Å². The van der Waals surface area contributed by atoms with Crippen LogP contribution in [0.1, 0.15) is 27.7 Å². The smallest absolute Gasteiger partial charge is 0.238 e. The standard InChI is InChI=1S/C20H32N4O2/c1-5-23(6-2)18-9-7-17(8-10-18)21-19(25)15-22-11-13-24(14-12-22)20(26)16(3)4/h7-10,16H,5-6,11-15H2,1-4H3,(H,21,25). The molecule has 1 aromatic rings. The molecule has 2 rings (SSSR count). The van der Waals surface area contributed by atoms with Crippen LogP contribution in [-0.4, -0.2) is 67.4 Å². The highest BCUT2D eigenvalue weighted by molar-refractivity contribution is 5.92. The zero-order chi connectivity index (χ0) is 19.1. The Morgan fingerprint density at radius 1 is 1.04 bits per heavy atom. The molecule has 0 aromatic heterocycles. The second-order valence-electron chi connectivity index (χ2n) is 7.02. The fraction of sp³-hybridized carbons (Fsp3) is 0.600. The van der Waals surface area contributed by atoms with E-state index < -0.39 is 0 Å². The largest absolute Gasteiger partial charge is 0.372 e. The number of anilines is 2. The zero-order valence-electron chi connectivity index (χ0n) is 16.5. The summed E-state index contributed by atoms with van der Waals surface area (Å²) in [6.45, 7) is 13.3. The van der Waals surface area contributed by atoms with E-state index in [1.807, 2.05) is 43.0 Å². The van der Waals surface area contributed by atoms with Gasteiger partial charge in [0.05, 0.1) is 6.54 Å². The molecule has 0 spiro atoms. The molecule has 1 aliphatic heterocycles. The first-order valence-electron chi connectivity index (χ1n) is 9.60. The van der Waals surface area contributed by atoms with E-state index in [0.717, 1.165) is 31.9 Å². The van der Waals surface area contributed by atoms with Crippen molar-refractivity contribution in [1.29, 1.82) is 0 Å². The van der Waals surface area contributed by atoms with Crippen LogP contribution in [0.2, 0.25) is 0 Å². The summed E-state index contributed by atoms with van der Waals surface area (Å²) in [5.41, 5.74) is 1.98. The molecule has 6 nitrogen and oxygen atoms in total. The van der Waals surface area contributed by atoms with Gasteiger partial charge >= 0.3 is 0 Å². The topological polar surface area (TPSA) is 55.9 Å². The van der Waals surface area contributed by atoms with Crippen LogP contribution in [0.3, 0.4) is 0 Å². The maximum Gasteiger partial charge on any atom is 0.238 e. The van der Waals surface area contributed by atoms with Gasteiger partial charge in [-0.25, -0.2) is 0 Å². The Hall–Kier alpha value is -2.08. The number of nitrogens with one attached hydrogen (secondary N) is 1. The first-order valence-corrected chi connectivity index (χ1v) is 9.60. The van der Waals surface area contributed by atoms with Gasteiger partial charge in [-0.05, 0) is 38.1 Å². The predicted octanol–water partition coefficient (Wildman–Crippen LogP) is 2.27. The lowest BCUT2D eigenvalue weighted by atomic mass is 10.1. The summed E-state index contributed by atoms with van der Waals surface area (Å²) in [7, 11) is 0. The van der Waals surface area contributed by atoms with Gasteiger partial charge in [-0.3, -0.25) is 14.5 Å². The van der Waals surface area contributed by atoms with Gasteiger partial charge in [0.25, 0.3) is 0 Å². The number of hydrogen-bond donors (Lipinski definition) is 1. The maximum atomic E-state index is 12.3. The van der Waals surface area contributed by atoms with E-state index in [-0.39, 0.29) is 17.7 Å². The maximum absolute atomic E-state index is 12.3. The van der Waals surface area contributed by atoms with Gasteiger partial charge in [-0.15, -0.1) is 0 Å². The molecule has 1 aromatic carbocycles. The molecule has 0 saturated carbocycles. The Balaban J connectivity index is 1.80. The third-order valence-corrected chi connectivity index (χ3v) is 4.82. The second-order valence-corrected chi connectivity index (χ2v) is 7.02. The first-order chi connectivity index (χ1) is 12.4. The number of rotatable bonds is 7. The van der Waals surface area contributed by atoms with Crippen molar-refractivity contribution >= 4 is 23.2 Å². The lowest BCUT2D eigenvalue weighted by Crippen LogP contribution is -2.51. The van der Waals surface area contributed by atoms with Gasteiger partial charge in [0.1, 0.15) is 0 Å². The number of carbonyl (C=O) groups is 2. The summed E-state index contributed by atoms with van der Waals surface area (Å²) in [5.74, 6) is 0.218. The Morgan fingerprint density at radius 2 is 1.62 bits per heavy atom. The minimum Gasteiger partial charge on any atom is -0.372 e. The molecule has 144 valence electrons. The summed E-state index contributed by atoms with van der Waals surface area (Å²) in [6.07, 6.45) is 0. The predicted molar refractivity (Wildman–Crippen MR) is 106 cm³/mol. The Bertz CT molecular complexity index is 588. The number of amides is 2. The highest BCUT2D eigenvalue weighted by Crippen LogP contribution is 2.17. The summed E-state index contributed by atoms with van der Waals surface area (Å²) in [5, 5.41) is 2.96. The lowest BCUT2D eigenvalue weighted by molar-refractivity contribution is -0.136. The molecule has 0 aliphatic carbocycles. The summed E-state index contributed by atoms with van der Waals surface area (Å²) in [6, 6.07) is 7.98. The van der Waals surface area contributed by atoms with E-state index in [9.17, 15) is 9.59 Å². The number of hydrogen-bond acceptors (Lipinski definition) is 4. The summed E-state index contributed by atoms with van der Waals surface area (Å²) < 4.78 is 0. The molecule has 26 heavy (non-hydrogen) atoms. The number of carbonyl (C=O) groups excluding carboxylic acids is 2. The van der Waals surface area contributed by atoms with Gasteiger partial charge < -0.3 is 15.1 Å². The van der Waals surface area contributed by atoms with Crippen LogP contribution in [0.4, 0.5) is 11.4 Å².